The van der Waals surface area contributed by atoms with E-state index in [2.05, 4.69) is 28.5 Å². The van der Waals surface area contributed by atoms with Crippen molar-refractivity contribution in [2.45, 2.75) is 51.6 Å². The van der Waals surface area contributed by atoms with Gasteiger partial charge in [0, 0.05) is 11.7 Å². The first kappa shape index (κ1) is 20.0. The van der Waals surface area contributed by atoms with E-state index in [1.807, 2.05) is 45.9 Å². The molecule has 0 aliphatic heterocycles. The van der Waals surface area contributed by atoms with Gasteiger partial charge in [0.2, 0.25) is 5.91 Å². The van der Waals surface area contributed by atoms with E-state index in [1.54, 1.807) is 0 Å². The van der Waals surface area contributed by atoms with Crippen LogP contribution in [0.2, 0.25) is 0 Å². The molecule has 1 aromatic carbocycles. The predicted molar refractivity (Wildman–Crippen MR) is 106 cm³/mol. The van der Waals surface area contributed by atoms with Gasteiger partial charge >= 0.3 is 0 Å². The Morgan fingerprint density at radius 2 is 1.92 bits per heavy atom. The molecule has 1 aromatic heterocycles. The molecule has 2 aromatic rings. The van der Waals surface area contributed by atoms with E-state index in [0.29, 0.717) is 10.6 Å². The average molecular weight is 368 g/mol. The molecule has 0 radical (unpaired) electrons. The summed E-state index contributed by atoms with van der Waals surface area (Å²) >= 11 is 1.33. The van der Waals surface area contributed by atoms with Crippen molar-refractivity contribution in [3.05, 3.63) is 58.3 Å². The Morgan fingerprint density at radius 3 is 2.58 bits per heavy atom. The van der Waals surface area contributed by atoms with Crippen LogP contribution in [-0.4, -0.2) is 22.7 Å². The molecule has 0 unspecified atom stereocenters. The fourth-order valence-electron chi connectivity index (χ4n) is 2.70. The summed E-state index contributed by atoms with van der Waals surface area (Å²) in [6.45, 7) is 7.84. The number of thioether (sulfide) groups is 1. The van der Waals surface area contributed by atoms with Gasteiger partial charge in [-0.25, -0.2) is 4.98 Å². The lowest BCUT2D eigenvalue weighted by Gasteiger charge is -2.14. The normalized spacial score (nSPS) is 11.7. The molecule has 4 nitrogen and oxygen atoms in total. The summed E-state index contributed by atoms with van der Waals surface area (Å²) in [5.74, 6) is 0.233. The smallest absolute Gasteiger partial charge is 0.230 e. The van der Waals surface area contributed by atoms with Crippen molar-refractivity contribution in [2.24, 2.45) is 0 Å². The largest absolute Gasteiger partial charge is 0.353 e. The second kappa shape index (κ2) is 9.40. The summed E-state index contributed by atoms with van der Waals surface area (Å²) < 4.78 is 0. The van der Waals surface area contributed by atoms with Crippen LogP contribution in [0, 0.1) is 32.1 Å². The zero-order valence-electron chi connectivity index (χ0n) is 15.8. The standard InChI is InChI=1S/C21H25N3OS/c1-14(10-11-18-8-6-5-7-9-18)23-20(25)13-26-21-19(12-22)16(3)15(2)17(4)24-21/h5-9,14H,10-11,13H2,1-4H3,(H,23,25)/t14-/m0/s1. The van der Waals surface area contributed by atoms with Gasteiger partial charge in [-0.2, -0.15) is 5.26 Å². The van der Waals surface area contributed by atoms with Gasteiger partial charge in [0.15, 0.2) is 0 Å². The first-order valence-corrected chi connectivity index (χ1v) is 9.75. The number of hydrogen-bond acceptors (Lipinski definition) is 4. The lowest BCUT2D eigenvalue weighted by molar-refractivity contribution is -0.119. The van der Waals surface area contributed by atoms with E-state index >= 15 is 0 Å². The topological polar surface area (TPSA) is 65.8 Å². The Bertz CT molecular complexity index is 812. The number of pyridine rings is 1. The number of aromatic nitrogens is 1. The van der Waals surface area contributed by atoms with Crippen molar-refractivity contribution >= 4 is 17.7 Å². The molecule has 0 bridgehead atoms. The van der Waals surface area contributed by atoms with Crippen LogP contribution in [0.4, 0.5) is 0 Å². The number of aryl methyl sites for hydroxylation is 2. The first-order valence-electron chi connectivity index (χ1n) is 8.76. The minimum atomic E-state index is -0.0304. The van der Waals surface area contributed by atoms with Gasteiger partial charge in [-0.3, -0.25) is 4.79 Å². The van der Waals surface area contributed by atoms with E-state index in [1.165, 1.54) is 17.3 Å². The molecule has 0 fully saturated rings. The lowest BCUT2D eigenvalue weighted by Crippen LogP contribution is -2.34. The lowest BCUT2D eigenvalue weighted by atomic mass is 10.1. The van der Waals surface area contributed by atoms with Crippen molar-refractivity contribution in [1.82, 2.24) is 10.3 Å². The number of nitriles is 1. The van der Waals surface area contributed by atoms with Gasteiger partial charge in [0.05, 0.1) is 11.3 Å². The zero-order valence-corrected chi connectivity index (χ0v) is 16.6. The summed E-state index contributed by atoms with van der Waals surface area (Å²) in [6, 6.07) is 12.6. The number of hydrogen-bond donors (Lipinski definition) is 1. The molecular formula is C21H25N3OS. The summed E-state index contributed by atoms with van der Waals surface area (Å²) in [7, 11) is 0. The van der Waals surface area contributed by atoms with Crippen molar-refractivity contribution in [2.75, 3.05) is 5.75 Å². The number of carbonyl (C=O) groups excluding carboxylic acids is 1. The summed E-state index contributed by atoms with van der Waals surface area (Å²) in [4.78, 5) is 16.7. The third-order valence-corrected chi connectivity index (χ3v) is 5.51. The molecule has 1 heterocycles. The van der Waals surface area contributed by atoms with Gasteiger partial charge in [0.25, 0.3) is 0 Å². The van der Waals surface area contributed by atoms with Crippen LogP contribution in [0.15, 0.2) is 35.4 Å². The molecule has 0 saturated heterocycles. The number of amides is 1. The van der Waals surface area contributed by atoms with Crippen LogP contribution in [0.3, 0.4) is 0 Å². The van der Waals surface area contributed by atoms with Crippen molar-refractivity contribution < 1.29 is 4.79 Å². The van der Waals surface area contributed by atoms with Crippen LogP contribution >= 0.6 is 11.8 Å². The van der Waals surface area contributed by atoms with Gasteiger partial charge in [-0.15, -0.1) is 0 Å². The van der Waals surface area contributed by atoms with Crippen molar-refractivity contribution in [3.63, 3.8) is 0 Å². The Hall–Kier alpha value is -2.32. The van der Waals surface area contributed by atoms with Crippen molar-refractivity contribution in [3.8, 4) is 6.07 Å². The van der Waals surface area contributed by atoms with Crippen LogP contribution < -0.4 is 5.32 Å². The maximum Gasteiger partial charge on any atom is 0.230 e. The molecule has 0 saturated carbocycles. The number of carbonyl (C=O) groups is 1. The maximum atomic E-state index is 12.2. The molecule has 0 aliphatic carbocycles. The van der Waals surface area contributed by atoms with Crippen LogP contribution in [0.5, 0.6) is 0 Å². The van der Waals surface area contributed by atoms with E-state index in [4.69, 9.17) is 0 Å². The molecule has 0 spiro atoms. The highest BCUT2D eigenvalue weighted by Gasteiger charge is 2.15. The first-order chi connectivity index (χ1) is 12.4. The third kappa shape index (κ3) is 5.34. The summed E-state index contributed by atoms with van der Waals surface area (Å²) in [6.07, 6.45) is 1.83. The molecular weight excluding hydrogens is 342 g/mol. The fraction of sp³-hybridized carbons (Fsp3) is 0.381. The van der Waals surface area contributed by atoms with E-state index in [9.17, 15) is 10.1 Å². The SMILES string of the molecule is Cc1nc(SCC(=O)N[C@@H](C)CCc2ccccc2)c(C#N)c(C)c1C. The van der Waals surface area contributed by atoms with Gasteiger partial charge < -0.3 is 5.32 Å². The summed E-state index contributed by atoms with van der Waals surface area (Å²) in [5, 5.41) is 13.1. The fourth-order valence-corrected chi connectivity index (χ4v) is 3.59. The van der Waals surface area contributed by atoms with E-state index in [-0.39, 0.29) is 17.7 Å². The second-order valence-electron chi connectivity index (χ2n) is 6.52. The van der Waals surface area contributed by atoms with E-state index in [0.717, 1.165) is 29.7 Å². The van der Waals surface area contributed by atoms with E-state index < -0.39 is 0 Å². The van der Waals surface area contributed by atoms with Crippen LogP contribution in [0.25, 0.3) is 0 Å². The Morgan fingerprint density at radius 1 is 1.23 bits per heavy atom. The monoisotopic (exact) mass is 367 g/mol. The highest BCUT2D eigenvalue weighted by Crippen LogP contribution is 2.26. The van der Waals surface area contributed by atoms with Crippen LogP contribution in [-0.2, 0) is 11.2 Å². The minimum absolute atomic E-state index is 0.0304. The molecule has 0 aliphatic rings. The summed E-state index contributed by atoms with van der Waals surface area (Å²) in [5.41, 5.74) is 4.73. The Kier molecular flexibility index (Phi) is 7.23. The van der Waals surface area contributed by atoms with Crippen molar-refractivity contribution in [1.29, 1.82) is 5.26 Å². The molecule has 1 N–H and O–H groups in total. The third-order valence-electron chi connectivity index (χ3n) is 4.53. The van der Waals surface area contributed by atoms with Gasteiger partial charge in [-0.05, 0) is 57.2 Å². The van der Waals surface area contributed by atoms with Crippen LogP contribution in [0.1, 0.15) is 41.3 Å². The molecule has 26 heavy (non-hydrogen) atoms. The molecule has 1 atom stereocenters. The number of nitrogens with zero attached hydrogens (tertiary/aromatic N) is 2. The quantitative estimate of drug-likeness (QED) is 0.748. The second-order valence-corrected chi connectivity index (χ2v) is 7.48. The minimum Gasteiger partial charge on any atom is -0.353 e. The highest BCUT2D eigenvalue weighted by atomic mass is 32.2. The number of nitrogens with one attached hydrogen (secondary N) is 1. The predicted octanol–water partition coefficient (Wildman–Crippen LogP) is 4.11. The Labute approximate surface area is 160 Å². The molecule has 5 heteroatoms. The van der Waals surface area contributed by atoms with Gasteiger partial charge in [0.1, 0.15) is 11.1 Å². The zero-order chi connectivity index (χ0) is 19.1. The molecule has 136 valence electrons. The average Bonchev–Trinajstić information content (AvgIpc) is 2.63. The maximum absolute atomic E-state index is 12.2. The number of rotatable bonds is 7. The Balaban J connectivity index is 1.88. The highest BCUT2D eigenvalue weighted by molar-refractivity contribution is 8.00. The van der Waals surface area contributed by atoms with Gasteiger partial charge in [-0.1, -0.05) is 42.1 Å². The number of benzene rings is 1. The molecule has 2 rings (SSSR count). The molecule has 1 amide bonds.